The van der Waals surface area contributed by atoms with E-state index in [-0.39, 0.29) is 11.3 Å². The van der Waals surface area contributed by atoms with Crippen molar-refractivity contribution in [3.63, 3.8) is 0 Å². The van der Waals surface area contributed by atoms with Crippen LogP contribution in [0.15, 0.2) is 42.5 Å². The molecule has 0 fully saturated rings. The highest BCUT2D eigenvalue weighted by Crippen LogP contribution is 2.26. The fourth-order valence-corrected chi connectivity index (χ4v) is 1.54. The maximum atomic E-state index is 13.8. The van der Waals surface area contributed by atoms with Crippen LogP contribution in [-0.2, 0) is 0 Å². The molecule has 3 heteroatoms. The first-order chi connectivity index (χ1) is 7.72. The molecule has 1 N–H and O–H groups in total. The normalized spacial score (nSPS) is 10.1. The largest absolute Gasteiger partial charge is 0.508 e. The summed E-state index contributed by atoms with van der Waals surface area (Å²) in [5.41, 5.74) is 0.863. The van der Waals surface area contributed by atoms with Crippen molar-refractivity contribution in [2.24, 2.45) is 0 Å². The highest BCUT2D eigenvalue weighted by atomic mass is 19.1. The summed E-state index contributed by atoms with van der Waals surface area (Å²) in [4.78, 5) is 10.6. The van der Waals surface area contributed by atoms with E-state index in [4.69, 9.17) is 0 Å². The zero-order chi connectivity index (χ0) is 11.5. The minimum absolute atomic E-state index is 0.0147. The average Bonchev–Trinajstić information content (AvgIpc) is 2.29. The molecule has 0 amide bonds. The number of aldehydes is 1. The maximum absolute atomic E-state index is 13.8. The monoisotopic (exact) mass is 216 g/mol. The van der Waals surface area contributed by atoms with E-state index in [0.29, 0.717) is 17.4 Å². The minimum Gasteiger partial charge on any atom is -0.508 e. The minimum atomic E-state index is -0.567. The van der Waals surface area contributed by atoms with Crippen molar-refractivity contribution >= 4 is 6.29 Å². The van der Waals surface area contributed by atoms with E-state index in [2.05, 4.69) is 0 Å². The Morgan fingerprint density at radius 3 is 2.56 bits per heavy atom. The summed E-state index contributed by atoms with van der Waals surface area (Å²) < 4.78 is 13.8. The fourth-order valence-electron chi connectivity index (χ4n) is 1.54. The smallest absolute Gasteiger partial charge is 0.153 e. The predicted molar refractivity (Wildman–Crippen MR) is 58.9 cm³/mol. The lowest BCUT2D eigenvalue weighted by Gasteiger charge is -2.05. The highest BCUT2D eigenvalue weighted by Gasteiger charge is 2.09. The second-order valence-electron chi connectivity index (χ2n) is 3.38. The first-order valence-electron chi connectivity index (χ1n) is 4.75. The number of phenols is 1. The molecule has 16 heavy (non-hydrogen) atoms. The van der Waals surface area contributed by atoms with Gasteiger partial charge in [-0.2, -0.15) is 0 Å². The van der Waals surface area contributed by atoms with Gasteiger partial charge in [0.1, 0.15) is 11.6 Å². The van der Waals surface area contributed by atoms with Crippen LogP contribution in [0.5, 0.6) is 5.75 Å². The third kappa shape index (κ3) is 1.80. The number of hydrogen-bond donors (Lipinski definition) is 1. The van der Waals surface area contributed by atoms with Gasteiger partial charge in [-0.15, -0.1) is 0 Å². The number of carbonyl (C=O) groups is 1. The number of aromatic hydroxyl groups is 1. The van der Waals surface area contributed by atoms with Crippen LogP contribution in [-0.4, -0.2) is 11.4 Å². The summed E-state index contributed by atoms with van der Waals surface area (Å²) in [6.07, 6.45) is 0.474. The number of carbonyl (C=O) groups excluding carboxylic acids is 1. The van der Waals surface area contributed by atoms with Gasteiger partial charge in [-0.1, -0.05) is 24.3 Å². The van der Waals surface area contributed by atoms with Crippen LogP contribution in [0.25, 0.3) is 11.1 Å². The van der Waals surface area contributed by atoms with Gasteiger partial charge in [0.05, 0.1) is 5.56 Å². The standard InChI is InChI=1S/C13H9FO2/c14-13-10(8-15)4-2-6-12(13)9-3-1-5-11(16)7-9/h1-8,16H. The topological polar surface area (TPSA) is 37.3 Å². The summed E-state index contributed by atoms with van der Waals surface area (Å²) in [5.74, 6) is -0.503. The van der Waals surface area contributed by atoms with Crippen molar-refractivity contribution in [2.75, 3.05) is 0 Å². The summed E-state index contributed by atoms with van der Waals surface area (Å²) in [6.45, 7) is 0. The molecular formula is C13H9FO2. The molecular weight excluding hydrogens is 207 g/mol. The first-order valence-corrected chi connectivity index (χ1v) is 4.75. The van der Waals surface area contributed by atoms with E-state index in [1.54, 1.807) is 24.3 Å². The van der Waals surface area contributed by atoms with Crippen molar-refractivity contribution in [3.05, 3.63) is 53.8 Å². The van der Waals surface area contributed by atoms with Gasteiger partial charge in [-0.3, -0.25) is 4.79 Å². The predicted octanol–water partition coefficient (Wildman–Crippen LogP) is 3.01. The van der Waals surface area contributed by atoms with Crippen LogP contribution in [0.4, 0.5) is 4.39 Å². The van der Waals surface area contributed by atoms with Gasteiger partial charge >= 0.3 is 0 Å². The Bertz CT molecular complexity index is 535. The van der Waals surface area contributed by atoms with E-state index >= 15 is 0 Å². The van der Waals surface area contributed by atoms with Crippen molar-refractivity contribution in [3.8, 4) is 16.9 Å². The number of halogens is 1. The summed E-state index contributed by atoms with van der Waals surface area (Å²) in [7, 11) is 0. The molecule has 0 atom stereocenters. The van der Waals surface area contributed by atoms with Crippen LogP contribution >= 0.6 is 0 Å². The van der Waals surface area contributed by atoms with E-state index in [0.717, 1.165) is 0 Å². The van der Waals surface area contributed by atoms with Crippen LogP contribution in [0.3, 0.4) is 0 Å². The molecule has 0 aromatic heterocycles. The third-order valence-electron chi connectivity index (χ3n) is 2.31. The van der Waals surface area contributed by atoms with Crippen LogP contribution in [0.2, 0.25) is 0 Å². The second kappa shape index (κ2) is 4.14. The Labute approximate surface area is 92.0 Å². The SMILES string of the molecule is O=Cc1cccc(-c2cccc(O)c2)c1F. The molecule has 0 aliphatic heterocycles. The van der Waals surface area contributed by atoms with Gasteiger partial charge in [0, 0.05) is 5.56 Å². The fraction of sp³-hybridized carbons (Fsp3) is 0. The third-order valence-corrected chi connectivity index (χ3v) is 2.31. The highest BCUT2D eigenvalue weighted by molar-refractivity contribution is 5.79. The Morgan fingerprint density at radius 1 is 1.12 bits per heavy atom. The molecule has 2 aromatic carbocycles. The molecule has 2 aromatic rings. The number of phenolic OH excluding ortho intramolecular Hbond substituents is 1. The van der Waals surface area contributed by atoms with Gasteiger partial charge in [-0.25, -0.2) is 4.39 Å². The molecule has 0 aliphatic rings. The lowest BCUT2D eigenvalue weighted by Crippen LogP contribution is -1.91. The first kappa shape index (κ1) is 10.4. The Kier molecular flexibility index (Phi) is 2.68. The summed E-state index contributed by atoms with van der Waals surface area (Å²) in [6, 6.07) is 10.8. The van der Waals surface area contributed by atoms with Crippen LogP contribution in [0, 0.1) is 5.82 Å². The Morgan fingerprint density at radius 2 is 1.88 bits per heavy atom. The van der Waals surface area contributed by atoms with Gasteiger partial charge < -0.3 is 5.11 Å². The molecule has 0 bridgehead atoms. The zero-order valence-corrected chi connectivity index (χ0v) is 8.35. The van der Waals surface area contributed by atoms with E-state index in [9.17, 15) is 14.3 Å². The van der Waals surface area contributed by atoms with Gasteiger partial charge in [0.15, 0.2) is 6.29 Å². The number of rotatable bonds is 2. The molecule has 80 valence electrons. The molecule has 0 unspecified atom stereocenters. The maximum Gasteiger partial charge on any atom is 0.153 e. The summed E-state index contributed by atoms with van der Waals surface area (Å²) in [5, 5.41) is 9.30. The second-order valence-corrected chi connectivity index (χ2v) is 3.38. The summed E-state index contributed by atoms with van der Waals surface area (Å²) >= 11 is 0. The molecule has 2 rings (SSSR count). The van der Waals surface area contributed by atoms with E-state index in [1.807, 2.05) is 0 Å². The zero-order valence-electron chi connectivity index (χ0n) is 8.35. The van der Waals surface area contributed by atoms with Gasteiger partial charge in [0.2, 0.25) is 0 Å². The number of benzene rings is 2. The molecule has 2 nitrogen and oxygen atoms in total. The molecule has 0 aliphatic carbocycles. The lowest BCUT2D eigenvalue weighted by molar-refractivity contribution is 0.112. The van der Waals surface area contributed by atoms with Crippen molar-refractivity contribution in [1.82, 2.24) is 0 Å². The molecule has 0 spiro atoms. The van der Waals surface area contributed by atoms with E-state index in [1.165, 1.54) is 18.2 Å². The lowest BCUT2D eigenvalue weighted by atomic mass is 10.0. The van der Waals surface area contributed by atoms with Gasteiger partial charge in [0.25, 0.3) is 0 Å². The van der Waals surface area contributed by atoms with Crippen LogP contribution in [0.1, 0.15) is 10.4 Å². The Balaban J connectivity index is 2.60. The average molecular weight is 216 g/mol. The number of hydrogen-bond acceptors (Lipinski definition) is 2. The van der Waals surface area contributed by atoms with Crippen molar-refractivity contribution in [2.45, 2.75) is 0 Å². The molecule has 0 heterocycles. The molecule has 0 radical (unpaired) electrons. The van der Waals surface area contributed by atoms with Crippen molar-refractivity contribution < 1.29 is 14.3 Å². The molecule has 0 saturated carbocycles. The Hall–Kier alpha value is -2.16. The van der Waals surface area contributed by atoms with E-state index < -0.39 is 5.82 Å². The molecule has 0 saturated heterocycles. The van der Waals surface area contributed by atoms with Gasteiger partial charge in [-0.05, 0) is 23.8 Å². The van der Waals surface area contributed by atoms with Crippen LogP contribution < -0.4 is 0 Å². The quantitative estimate of drug-likeness (QED) is 0.783. The van der Waals surface area contributed by atoms with Crippen molar-refractivity contribution in [1.29, 1.82) is 0 Å².